The monoisotopic (exact) mass is 258 g/mol. The molecule has 2 rings (SSSR count). The highest BCUT2D eigenvalue weighted by Crippen LogP contribution is 2.20. The van der Waals surface area contributed by atoms with Crippen LogP contribution in [0, 0.1) is 6.92 Å². The van der Waals surface area contributed by atoms with Gasteiger partial charge in [-0.1, -0.05) is 0 Å². The van der Waals surface area contributed by atoms with Crippen molar-refractivity contribution in [3.05, 3.63) is 16.1 Å². The van der Waals surface area contributed by atoms with Crippen LogP contribution in [0.25, 0.3) is 0 Å². The van der Waals surface area contributed by atoms with E-state index in [9.17, 15) is 5.11 Å². The molecule has 0 aromatic carbocycles. The standard InChI is InChI=1S/C11H18N2OS2/c1-8-6-16-11(12-8)5-10(14)9-7-15-4-3-13(9)2/h6,9-10,14H,3-5,7H2,1-2H3. The number of aryl methyl sites for hydroxylation is 1. The van der Waals surface area contributed by atoms with Gasteiger partial charge in [-0.2, -0.15) is 11.8 Å². The van der Waals surface area contributed by atoms with E-state index in [1.165, 1.54) is 5.75 Å². The molecule has 1 aromatic rings. The fourth-order valence-electron chi connectivity index (χ4n) is 1.92. The van der Waals surface area contributed by atoms with Gasteiger partial charge in [-0.3, -0.25) is 4.90 Å². The lowest BCUT2D eigenvalue weighted by molar-refractivity contribution is 0.0763. The van der Waals surface area contributed by atoms with Crippen molar-refractivity contribution in [3.63, 3.8) is 0 Å². The van der Waals surface area contributed by atoms with Crippen molar-refractivity contribution in [2.45, 2.75) is 25.5 Å². The van der Waals surface area contributed by atoms with Gasteiger partial charge in [-0.15, -0.1) is 11.3 Å². The van der Waals surface area contributed by atoms with E-state index in [-0.39, 0.29) is 12.1 Å². The first kappa shape index (κ1) is 12.4. The minimum atomic E-state index is -0.289. The second kappa shape index (κ2) is 5.49. The molecule has 0 aliphatic carbocycles. The molecule has 1 aromatic heterocycles. The number of aliphatic hydroxyl groups is 1. The molecule has 0 spiro atoms. The van der Waals surface area contributed by atoms with Crippen LogP contribution in [0.3, 0.4) is 0 Å². The molecule has 1 aliphatic rings. The normalized spacial score (nSPS) is 24.6. The molecule has 1 N–H and O–H groups in total. The van der Waals surface area contributed by atoms with Crippen molar-refractivity contribution < 1.29 is 5.11 Å². The van der Waals surface area contributed by atoms with Crippen LogP contribution in [0.1, 0.15) is 10.7 Å². The van der Waals surface area contributed by atoms with Gasteiger partial charge in [0.25, 0.3) is 0 Å². The molecule has 5 heteroatoms. The maximum Gasteiger partial charge on any atom is 0.0954 e. The molecule has 1 fully saturated rings. The summed E-state index contributed by atoms with van der Waals surface area (Å²) in [6.07, 6.45) is 0.400. The summed E-state index contributed by atoms with van der Waals surface area (Å²) in [6, 6.07) is 0.281. The predicted octanol–water partition coefficient (Wildman–Crippen LogP) is 1.40. The fourth-order valence-corrected chi connectivity index (χ4v) is 4.05. The Hall–Kier alpha value is -0.100. The largest absolute Gasteiger partial charge is 0.391 e. The van der Waals surface area contributed by atoms with E-state index in [2.05, 4.69) is 16.9 Å². The average molecular weight is 258 g/mol. The first-order chi connectivity index (χ1) is 7.66. The molecule has 1 aliphatic heterocycles. The van der Waals surface area contributed by atoms with Gasteiger partial charge in [0.05, 0.1) is 11.1 Å². The molecule has 90 valence electrons. The lowest BCUT2D eigenvalue weighted by Crippen LogP contribution is -2.47. The summed E-state index contributed by atoms with van der Waals surface area (Å²) in [4.78, 5) is 6.67. The molecule has 0 amide bonds. The van der Waals surface area contributed by atoms with Crippen molar-refractivity contribution in [3.8, 4) is 0 Å². The molecule has 3 nitrogen and oxygen atoms in total. The number of hydrogen-bond acceptors (Lipinski definition) is 5. The zero-order valence-electron chi connectivity index (χ0n) is 9.72. The van der Waals surface area contributed by atoms with Crippen LogP contribution in [-0.2, 0) is 6.42 Å². The first-order valence-electron chi connectivity index (χ1n) is 5.54. The maximum absolute atomic E-state index is 10.2. The topological polar surface area (TPSA) is 36.4 Å². The fraction of sp³-hybridized carbons (Fsp3) is 0.727. The highest BCUT2D eigenvalue weighted by Gasteiger charge is 2.27. The van der Waals surface area contributed by atoms with Crippen LogP contribution < -0.4 is 0 Å². The third kappa shape index (κ3) is 2.97. The lowest BCUT2D eigenvalue weighted by Gasteiger charge is -2.35. The Morgan fingerprint density at radius 1 is 1.69 bits per heavy atom. The Kier molecular flexibility index (Phi) is 4.24. The molecule has 1 saturated heterocycles. The van der Waals surface area contributed by atoms with E-state index in [1.54, 1.807) is 11.3 Å². The number of thioether (sulfide) groups is 1. The molecule has 0 bridgehead atoms. The number of thiazole rings is 1. The van der Waals surface area contributed by atoms with Crippen molar-refractivity contribution in [1.29, 1.82) is 0 Å². The molecule has 2 heterocycles. The van der Waals surface area contributed by atoms with Gasteiger partial charge in [0, 0.05) is 41.6 Å². The first-order valence-corrected chi connectivity index (χ1v) is 7.57. The van der Waals surface area contributed by atoms with Gasteiger partial charge in [-0.05, 0) is 14.0 Å². The maximum atomic E-state index is 10.2. The smallest absolute Gasteiger partial charge is 0.0954 e. The van der Waals surface area contributed by atoms with Crippen LogP contribution in [-0.4, -0.2) is 52.2 Å². The highest BCUT2D eigenvalue weighted by molar-refractivity contribution is 7.99. The molecule has 16 heavy (non-hydrogen) atoms. The summed E-state index contributed by atoms with van der Waals surface area (Å²) in [7, 11) is 2.10. The molecule has 0 saturated carbocycles. The number of nitrogens with zero attached hydrogens (tertiary/aromatic N) is 2. The van der Waals surface area contributed by atoms with Gasteiger partial charge < -0.3 is 5.11 Å². The Morgan fingerprint density at radius 2 is 2.50 bits per heavy atom. The number of likely N-dealkylation sites (N-methyl/N-ethyl adjacent to an activating group) is 1. The number of rotatable bonds is 3. The van der Waals surface area contributed by atoms with E-state index >= 15 is 0 Å². The predicted molar refractivity (Wildman–Crippen MR) is 70.3 cm³/mol. The summed E-state index contributed by atoms with van der Waals surface area (Å²) in [5, 5.41) is 13.3. The highest BCUT2D eigenvalue weighted by atomic mass is 32.2. The minimum absolute atomic E-state index is 0.281. The van der Waals surface area contributed by atoms with Gasteiger partial charge in [0.1, 0.15) is 0 Å². The summed E-state index contributed by atoms with van der Waals surface area (Å²) in [5.41, 5.74) is 1.05. The van der Waals surface area contributed by atoms with E-state index < -0.39 is 0 Å². The molecular weight excluding hydrogens is 240 g/mol. The van der Waals surface area contributed by atoms with Crippen molar-refractivity contribution in [2.24, 2.45) is 0 Å². The zero-order chi connectivity index (χ0) is 11.5. The number of hydrogen-bond donors (Lipinski definition) is 1. The molecule has 0 radical (unpaired) electrons. The summed E-state index contributed by atoms with van der Waals surface area (Å²) in [6.45, 7) is 3.07. The van der Waals surface area contributed by atoms with Gasteiger partial charge in [-0.25, -0.2) is 4.98 Å². The Bertz CT molecular complexity index is 342. The van der Waals surface area contributed by atoms with E-state index in [1.807, 2.05) is 24.1 Å². The van der Waals surface area contributed by atoms with Crippen molar-refractivity contribution >= 4 is 23.1 Å². The summed E-state index contributed by atoms with van der Waals surface area (Å²) < 4.78 is 0. The van der Waals surface area contributed by atoms with E-state index in [0.717, 1.165) is 23.0 Å². The summed E-state index contributed by atoms with van der Waals surface area (Å²) >= 11 is 3.58. The third-order valence-electron chi connectivity index (χ3n) is 2.94. The van der Waals surface area contributed by atoms with Crippen molar-refractivity contribution in [1.82, 2.24) is 9.88 Å². The van der Waals surface area contributed by atoms with Crippen LogP contribution >= 0.6 is 23.1 Å². The molecule has 2 atom stereocenters. The van der Waals surface area contributed by atoms with Crippen LogP contribution in [0.15, 0.2) is 5.38 Å². The van der Waals surface area contributed by atoms with E-state index in [4.69, 9.17) is 0 Å². The van der Waals surface area contributed by atoms with Gasteiger partial charge in [0.15, 0.2) is 0 Å². The zero-order valence-corrected chi connectivity index (χ0v) is 11.4. The molecular formula is C11H18N2OS2. The number of aliphatic hydroxyl groups excluding tert-OH is 1. The second-order valence-electron chi connectivity index (χ2n) is 4.28. The average Bonchev–Trinajstić information content (AvgIpc) is 2.64. The minimum Gasteiger partial charge on any atom is -0.391 e. The van der Waals surface area contributed by atoms with Gasteiger partial charge >= 0.3 is 0 Å². The van der Waals surface area contributed by atoms with Crippen LogP contribution in [0.5, 0.6) is 0 Å². The Morgan fingerprint density at radius 3 is 3.12 bits per heavy atom. The van der Waals surface area contributed by atoms with Gasteiger partial charge in [0.2, 0.25) is 0 Å². The van der Waals surface area contributed by atoms with E-state index in [0.29, 0.717) is 6.42 Å². The second-order valence-corrected chi connectivity index (χ2v) is 6.37. The quantitative estimate of drug-likeness (QED) is 0.889. The Balaban J connectivity index is 1.93. The number of aromatic nitrogens is 1. The summed E-state index contributed by atoms with van der Waals surface area (Å²) in [5.74, 6) is 2.21. The lowest BCUT2D eigenvalue weighted by atomic mass is 10.1. The van der Waals surface area contributed by atoms with Crippen molar-refractivity contribution in [2.75, 3.05) is 25.1 Å². The molecule has 2 unspecified atom stereocenters. The van der Waals surface area contributed by atoms with Crippen LogP contribution in [0.4, 0.5) is 0 Å². The van der Waals surface area contributed by atoms with Crippen LogP contribution in [0.2, 0.25) is 0 Å². The Labute approximate surface area is 105 Å². The third-order valence-corrected chi connectivity index (χ3v) is 4.98. The SMILES string of the molecule is Cc1csc(CC(O)C2CSCCN2C)n1.